The summed E-state index contributed by atoms with van der Waals surface area (Å²) in [5, 5.41) is 5.61. The zero-order chi connectivity index (χ0) is 21.5. The minimum absolute atomic E-state index is 0.241. The number of aryl methyl sites for hydroxylation is 1. The Morgan fingerprint density at radius 1 is 0.833 bits per heavy atom. The average Bonchev–Trinajstić information content (AvgIpc) is 2.74. The molecule has 2 amide bonds. The summed E-state index contributed by atoms with van der Waals surface area (Å²) in [6.07, 6.45) is -0.662. The van der Waals surface area contributed by atoms with Crippen LogP contribution in [0.15, 0.2) is 72.8 Å². The molecular weight excluding hydrogens is 380 g/mol. The van der Waals surface area contributed by atoms with E-state index in [9.17, 15) is 9.59 Å². The van der Waals surface area contributed by atoms with Crippen molar-refractivity contribution in [2.45, 2.75) is 20.0 Å². The maximum Gasteiger partial charge on any atom is 0.265 e. The number of benzene rings is 3. The Balaban J connectivity index is 1.56. The molecule has 2 N–H and O–H groups in total. The van der Waals surface area contributed by atoms with E-state index >= 15 is 0 Å². The van der Waals surface area contributed by atoms with Crippen LogP contribution in [0.4, 0.5) is 11.4 Å². The van der Waals surface area contributed by atoms with Crippen LogP contribution in [0.25, 0.3) is 0 Å². The molecule has 0 aliphatic heterocycles. The lowest BCUT2D eigenvalue weighted by Gasteiger charge is -2.15. The van der Waals surface area contributed by atoms with Crippen molar-refractivity contribution in [1.82, 2.24) is 0 Å². The van der Waals surface area contributed by atoms with E-state index in [1.807, 2.05) is 31.2 Å². The standard InChI is InChI=1S/C24H24N2O4/c1-16-5-4-6-22(15-16)30-17(2)23(27)25-19-9-7-18(8-10-19)24(28)26-20-11-13-21(29-3)14-12-20/h4-15,17H,1-3H3,(H,25,27)(H,26,28)/t17-/m1/s1. The van der Waals surface area contributed by atoms with Crippen molar-refractivity contribution < 1.29 is 19.1 Å². The zero-order valence-corrected chi connectivity index (χ0v) is 17.1. The van der Waals surface area contributed by atoms with Crippen LogP contribution >= 0.6 is 0 Å². The molecule has 30 heavy (non-hydrogen) atoms. The highest BCUT2D eigenvalue weighted by Crippen LogP contribution is 2.18. The van der Waals surface area contributed by atoms with E-state index in [0.717, 1.165) is 5.56 Å². The number of carbonyl (C=O) groups excluding carboxylic acids is 2. The molecule has 0 aliphatic rings. The van der Waals surface area contributed by atoms with Crippen molar-refractivity contribution in [3.8, 4) is 11.5 Å². The first kappa shape index (κ1) is 20.9. The highest BCUT2D eigenvalue weighted by molar-refractivity contribution is 6.04. The molecule has 0 fully saturated rings. The number of hydrogen-bond donors (Lipinski definition) is 2. The van der Waals surface area contributed by atoms with Crippen molar-refractivity contribution in [1.29, 1.82) is 0 Å². The van der Waals surface area contributed by atoms with Gasteiger partial charge in [0.05, 0.1) is 7.11 Å². The van der Waals surface area contributed by atoms with E-state index in [0.29, 0.717) is 28.4 Å². The minimum atomic E-state index is -0.662. The fourth-order valence-electron chi connectivity index (χ4n) is 2.77. The van der Waals surface area contributed by atoms with Crippen molar-refractivity contribution in [2.75, 3.05) is 17.7 Å². The van der Waals surface area contributed by atoms with Crippen LogP contribution in [0.1, 0.15) is 22.8 Å². The number of anilines is 2. The minimum Gasteiger partial charge on any atom is -0.497 e. The summed E-state index contributed by atoms with van der Waals surface area (Å²) in [4.78, 5) is 24.8. The van der Waals surface area contributed by atoms with Crippen molar-refractivity contribution >= 4 is 23.2 Å². The number of rotatable bonds is 7. The number of hydrogen-bond acceptors (Lipinski definition) is 4. The van der Waals surface area contributed by atoms with Gasteiger partial charge in [-0.3, -0.25) is 9.59 Å². The van der Waals surface area contributed by atoms with Gasteiger partial charge in [0, 0.05) is 16.9 Å². The molecule has 0 bridgehead atoms. The third-order valence-electron chi connectivity index (χ3n) is 4.43. The van der Waals surface area contributed by atoms with Crippen molar-refractivity contribution in [3.05, 3.63) is 83.9 Å². The molecule has 3 rings (SSSR count). The lowest BCUT2D eigenvalue weighted by Crippen LogP contribution is -2.30. The van der Waals surface area contributed by atoms with Crippen LogP contribution in [0.2, 0.25) is 0 Å². The Hall–Kier alpha value is -3.80. The molecule has 6 heteroatoms. The van der Waals surface area contributed by atoms with Gasteiger partial charge in [-0.15, -0.1) is 0 Å². The number of nitrogens with one attached hydrogen (secondary N) is 2. The van der Waals surface area contributed by atoms with Crippen molar-refractivity contribution in [2.24, 2.45) is 0 Å². The fraction of sp³-hybridized carbons (Fsp3) is 0.167. The molecule has 1 atom stereocenters. The number of ether oxygens (including phenoxy) is 2. The largest absolute Gasteiger partial charge is 0.497 e. The van der Waals surface area contributed by atoms with Crippen LogP contribution < -0.4 is 20.1 Å². The van der Waals surface area contributed by atoms with Crippen LogP contribution in [0.5, 0.6) is 11.5 Å². The summed E-state index contributed by atoms with van der Waals surface area (Å²) in [5.74, 6) is 0.845. The molecule has 3 aromatic rings. The summed E-state index contributed by atoms with van der Waals surface area (Å²) < 4.78 is 10.8. The normalized spacial score (nSPS) is 11.3. The van der Waals surface area contributed by atoms with E-state index in [2.05, 4.69) is 10.6 Å². The van der Waals surface area contributed by atoms with E-state index in [4.69, 9.17) is 9.47 Å². The molecule has 0 aliphatic carbocycles. The monoisotopic (exact) mass is 404 g/mol. The van der Waals surface area contributed by atoms with Gasteiger partial charge in [0.15, 0.2) is 6.10 Å². The van der Waals surface area contributed by atoms with Crippen LogP contribution in [-0.2, 0) is 4.79 Å². The van der Waals surface area contributed by atoms with Gasteiger partial charge in [0.2, 0.25) is 0 Å². The maximum atomic E-state index is 12.4. The Morgan fingerprint density at radius 3 is 2.10 bits per heavy atom. The fourth-order valence-corrected chi connectivity index (χ4v) is 2.77. The van der Waals surface area contributed by atoms with Crippen LogP contribution in [0, 0.1) is 6.92 Å². The van der Waals surface area contributed by atoms with Gasteiger partial charge in [-0.1, -0.05) is 12.1 Å². The summed E-state index contributed by atoms with van der Waals surface area (Å²) >= 11 is 0. The zero-order valence-electron chi connectivity index (χ0n) is 17.1. The quantitative estimate of drug-likeness (QED) is 0.600. The van der Waals surface area contributed by atoms with Gasteiger partial charge in [-0.2, -0.15) is 0 Å². The molecule has 0 radical (unpaired) electrons. The molecule has 154 valence electrons. The third-order valence-corrected chi connectivity index (χ3v) is 4.43. The highest BCUT2D eigenvalue weighted by Gasteiger charge is 2.15. The number of methoxy groups -OCH3 is 1. The number of carbonyl (C=O) groups is 2. The Labute approximate surface area is 175 Å². The van der Waals surface area contributed by atoms with E-state index in [-0.39, 0.29) is 11.8 Å². The molecule has 0 saturated heterocycles. The second kappa shape index (κ2) is 9.60. The summed E-state index contributed by atoms with van der Waals surface area (Å²) in [5.41, 5.74) is 2.79. The second-order valence-corrected chi connectivity index (χ2v) is 6.83. The Bertz CT molecular complexity index is 1010. The first-order valence-corrected chi connectivity index (χ1v) is 9.54. The van der Waals surface area contributed by atoms with Gasteiger partial charge in [-0.25, -0.2) is 0 Å². The van der Waals surface area contributed by atoms with Crippen LogP contribution in [-0.4, -0.2) is 25.0 Å². The van der Waals surface area contributed by atoms with Gasteiger partial charge in [-0.05, 0) is 80.1 Å². The molecule has 6 nitrogen and oxygen atoms in total. The molecule has 0 unspecified atom stereocenters. The lowest BCUT2D eigenvalue weighted by molar-refractivity contribution is -0.122. The van der Waals surface area contributed by atoms with Gasteiger partial charge in [0.1, 0.15) is 11.5 Å². The summed E-state index contributed by atoms with van der Waals surface area (Å²) in [6.45, 7) is 3.65. The predicted molar refractivity (Wildman–Crippen MR) is 117 cm³/mol. The van der Waals surface area contributed by atoms with E-state index < -0.39 is 6.10 Å². The predicted octanol–water partition coefficient (Wildman–Crippen LogP) is 4.66. The summed E-state index contributed by atoms with van der Waals surface area (Å²) in [6, 6.07) is 21.3. The van der Waals surface area contributed by atoms with Gasteiger partial charge in [0.25, 0.3) is 11.8 Å². The van der Waals surface area contributed by atoms with Gasteiger partial charge < -0.3 is 20.1 Å². The Morgan fingerprint density at radius 2 is 1.47 bits per heavy atom. The molecule has 0 spiro atoms. The second-order valence-electron chi connectivity index (χ2n) is 6.83. The molecule has 0 aromatic heterocycles. The molecule has 3 aromatic carbocycles. The smallest absolute Gasteiger partial charge is 0.265 e. The first-order valence-electron chi connectivity index (χ1n) is 9.54. The van der Waals surface area contributed by atoms with Gasteiger partial charge >= 0.3 is 0 Å². The SMILES string of the molecule is COc1ccc(NC(=O)c2ccc(NC(=O)[C@@H](C)Oc3cccc(C)c3)cc2)cc1. The third kappa shape index (κ3) is 5.61. The summed E-state index contributed by atoms with van der Waals surface area (Å²) in [7, 11) is 1.59. The molecule has 0 saturated carbocycles. The topological polar surface area (TPSA) is 76.7 Å². The Kier molecular flexibility index (Phi) is 6.70. The van der Waals surface area contributed by atoms with E-state index in [1.54, 1.807) is 62.6 Å². The van der Waals surface area contributed by atoms with Crippen LogP contribution in [0.3, 0.4) is 0 Å². The number of amides is 2. The average molecular weight is 404 g/mol. The molecule has 0 heterocycles. The van der Waals surface area contributed by atoms with Crippen molar-refractivity contribution in [3.63, 3.8) is 0 Å². The van der Waals surface area contributed by atoms with E-state index in [1.165, 1.54) is 0 Å². The maximum absolute atomic E-state index is 12.4. The highest BCUT2D eigenvalue weighted by atomic mass is 16.5. The lowest BCUT2D eigenvalue weighted by atomic mass is 10.2. The first-order chi connectivity index (χ1) is 14.4. The molecular formula is C24H24N2O4.